The van der Waals surface area contributed by atoms with Gasteiger partial charge < -0.3 is 19.9 Å². The molecule has 1 amide bonds. The first-order valence-corrected chi connectivity index (χ1v) is 10.1. The van der Waals surface area contributed by atoms with Gasteiger partial charge in [0.05, 0.1) is 18.1 Å². The molecule has 1 aliphatic rings. The average molecular weight is 413 g/mol. The fourth-order valence-electron chi connectivity index (χ4n) is 2.58. The molecule has 1 heterocycles. The van der Waals surface area contributed by atoms with E-state index in [1.165, 1.54) is 22.9 Å². The van der Waals surface area contributed by atoms with E-state index in [1.54, 1.807) is 6.08 Å². The minimum atomic E-state index is -0.300. The summed E-state index contributed by atoms with van der Waals surface area (Å²) in [4.78, 5) is 15.8. The number of amidine groups is 1. The maximum atomic E-state index is 11.6. The minimum absolute atomic E-state index is 0.278. The maximum absolute atomic E-state index is 11.6. The molecular weight excluding hydrogens is 388 g/mol. The normalized spacial score (nSPS) is 14.9. The van der Waals surface area contributed by atoms with Crippen molar-refractivity contribution in [1.29, 1.82) is 0 Å². The van der Waals surface area contributed by atoms with E-state index in [4.69, 9.17) is 19.9 Å². The van der Waals surface area contributed by atoms with Crippen LogP contribution >= 0.6 is 11.8 Å². The number of carbonyl (C=O) groups is 1. The van der Waals surface area contributed by atoms with Gasteiger partial charge in [-0.25, -0.2) is 0 Å². The van der Waals surface area contributed by atoms with E-state index in [1.807, 2.05) is 36.4 Å². The van der Waals surface area contributed by atoms with Gasteiger partial charge >= 0.3 is 0 Å². The lowest BCUT2D eigenvalue weighted by Crippen LogP contribution is -2.12. The monoisotopic (exact) mass is 412 g/mol. The van der Waals surface area contributed by atoms with Crippen LogP contribution in [0, 0.1) is 13.8 Å². The predicted octanol–water partition coefficient (Wildman–Crippen LogP) is 3.71. The number of nitrogens with zero attached hydrogens (tertiary/aromatic N) is 1. The summed E-state index contributed by atoms with van der Waals surface area (Å²) in [5.41, 5.74) is 8.89. The fourth-order valence-corrected chi connectivity index (χ4v) is 3.26. The van der Waals surface area contributed by atoms with Crippen LogP contribution in [-0.4, -0.2) is 37.5 Å². The first-order chi connectivity index (χ1) is 14.0. The third-order valence-corrected chi connectivity index (χ3v) is 5.10. The standard InChI is InChI=1S/C22H24N2O4S/c1-15-3-6-19(13-16(15)2)28-12-10-26-9-11-27-18-7-4-17(5-8-18)14-20-21(25)24-22(23)29-20/h3-8,13-14H,9-12H2,1-2H3,(H2,23,24,25)/b20-14+. The average Bonchev–Trinajstić information content (AvgIpc) is 3.02. The van der Waals surface area contributed by atoms with Crippen LogP contribution in [0.5, 0.6) is 11.5 Å². The second-order valence-electron chi connectivity index (χ2n) is 6.49. The Hall–Kier alpha value is -2.77. The van der Waals surface area contributed by atoms with Gasteiger partial charge in [0, 0.05) is 0 Å². The van der Waals surface area contributed by atoms with E-state index < -0.39 is 0 Å². The molecule has 2 aromatic rings. The van der Waals surface area contributed by atoms with Crippen molar-refractivity contribution in [3.63, 3.8) is 0 Å². The number of hydrogen-bond donors (Lipinski definition) is 1. The lowest BCUT2D eigenvalue weighted by molar-refractivity contribution is -0.113. The summed E-state index contributed by atoms with van der Waals surface area (Å²) < 4.78 is 16.9. The number of aryl methyl sites for hydroxylation is 2. The van der Waals surface area contributed by atoms with E-state index in [9.17, 15) is 4.79 Å². The first kappa shape index (κ1) is 21.0. The molecule has 1 aliphatic heterocycles. The summed E-state index contributed by atoms with van der Waals surface area (Å²) in [5.74, 6) is 1.30. The highest BCUT2D eigenvalue weighted by atomic mass is 32.2. The Balaban J connectivity index is 1.32. The number of amides is 1. The van der Waals surface area contributed by atoms with Crippen molar-refractivity contribution in [3.05, 3.63) is 64.1 Å². The molecule has 0 radical (unpaired) electrons. The van der Waals surface area contributed by atoms with Gasteiger partial charge in [-0.1, -0.05) is 18.2 Å². The van der Waals surface area contributed by atoms with Crippen molar-refractivity contribution in [2.24, 2.45) is 10.7 Å². The lowest BCUT2D eigenvalue weighted by Gasteiger charge is -2.10. The minimum Gasteiger partial charge on any atom is -0.491 e. The number of hydrogen-bond acceptors (Lipinski definition) is 6. The highest BCUT2D eigenvalue weighted by Gasteiger charge is 2.19. The zero-order valence-electron chi connectivity index (χ0n) is 16.5. The van der Waals surface area contributed by atoms with Crippen LogP contribution in [0.1, 0.15) is 16.7 Å². The molecule has 2 N–H and O–H groups in total. The van der Waals surface area contributed by atoms with Crippen molar-refractivity contribution >= 4 is 28.9 Å². The zero-order chi connectivity index (χ0) is 20.6. The summed E-state index contributed by atoms with van der Waals surface area (Å²) in [7, 11) is 0. The topological polar surface area (TPSA) is 83.1 Å². The van der Waals surface area contributed by atoms with Crippen LogP contribution in [0.4, 0.5) is 0 Å². The molecule has 0 bridgehead atoms. The SMILES string of the molecule is Cc1ccc(OCCOCCOc2ccc(/C=C3/SC(N)=NC3=O)cc2)cc1C. The third-order valence-electron chi connectivity index (χ3n) is 4.29. The smallest absolute Gasteiger partial charge is 0.286 e. The second-order valence-corrected chi connectivity index (χ2v) is 7.55. The third kappa shape index (κ3) is 6.37. The van der Waals surface area contributed by atoms with Crippen molar-refractivity contribution in [2.75, 3.05) is 26.4 Å². The number of aliphatic imine (C=N–C) groups is 1. The van der Waals surface area contributed by atoms with Gasteiger partial charge in [-0.15, -0.1) is 0 Å². The number of benzene rings is 2. The molecule has 6 nitrogen and oxygen atoms in total. The Labute approximate surface area is 174 Å². The van der Waals surface area contributed by atoms with Gasteiger partial charge in [-0.3, -0.25) is 4.79 Å². The summed E-state index contributed by atoms with van der Waals surface area (Å²) in [6.07, 6.45) is 1.76. The molecule has 0 fully saturated rings. The van der Waals surface area contributed by atoms with Crippen LogP contribution in [0.3, 0.4) is 0 Å². The molecule has 0 spiro atoms. The van der Waals surface area contributed by atoms with Crippen molar-refractivity contribution in [1.82, 2.24) is 0 Å². The molecule has 152 valence electrons. The van der Waals surface area contributed by atoms with Gasteiger partial charge in [-0.2, -0.15) is 4.99 Å². The highest BCUT2D eigenvalue weighted by molar-refractivity contribution is 8.18. The molecular formula is C22H24N2O4S. The molecule has 0 unspecified atom stereocenters. The van der Waals surface area contributed by atoms with E-state index >= 15 is 0 Å². The first-order valence-electron chi connectivity index (χ1n) is 9.30. The Morgan fingerprint density at radius 1 is 0.931 bits per heavy atom. The van der Waals surface area contributed by atoms with Crippen LogP contribution in [-0.2, 0) is 9.53 Å². The van der Waals surface area contributed by atoms with Gasteiger partial charge in [0.25, 0.3) is 5.91 Å². The molecule has 0 saturated heterocycles. The fraction of sp³-hybridized carbons (Fsp3) is 0.273. The molecule has 0 aromatic heterocycles. The number of ether oxygens (including phenoxy) is 3. The van der Waals surface area contributed by atoms with E-state index in [0.29, 0.717) is 31.3 Å². The van der Waals surface area contributed by atoms with E-state index in [0.717, 1.165) is 17.1 Å². The summed E-state index contributed by atoms with van der Waals surface area (Å²) >= 11 is 1.18. The number of thioether (sulfide) groups is 1. The van der Waals surface area contributed by atoms with Crippen LogP contribution in [0.25, 0.3) is 6.08 Å². The van der Waals surface area contributed by atoms with Crippen LogP contribution < -0.4 is 15.2 Å². The summed E-state index contributed by atoms with van der Waals surface area (Å²) in [6, 6.07) is 13.5. The van der Waals surface area contributed by atoms with Gasteiger partial charge in [0.15, 0.2) is 5.17 Å². The van der Waals surface area contributed by atoms with Crippen molar-refractivity contribution in [2.45, 2.75) is 13.8 Å². The Morgan fingerprint density at radius 3 is 2.21 bits per heavy atom. The van der Waals surface area contributed by atoms with Crippen LogP contribution in [0.2, 0.25) is 0 Å². The molecule has 7 heteroatoms. The zero-order valence-corrected chi connectivity index (χ0v) is 17.3. The molecule has 0 saturated carbocycles. The Kier molecular flexibility index (Phi) is 7.32. The summed E-state index contributed by atoms with van der Waals surface area (Å²) in [6.45, 7) is 6.06. The number of carbonyl (C=O) groups excluding carboxylic acids is 1. The molecule has 0 atom stereocenters. The second kappa shape index (κ2) is 10.1. The van der Waals surface area contributed by atoms with Crippen molar-refractivity contribution in [3.8, 4) is 11.5 Å². The molecule has 0 aliphatic carbocycles. The Bertz CT molecular complexity index is 923. The lowest BCUT2D eigenvalue weighted by atomic mass is 10.1. The predicted molar refractivity (Wildman–Crippen MR) is 116 cm³/mol. The molecule has 3 rings (SSSR count). The Morgan fingerprint density at radius 2 is 1.59 bits per heavy atom. The maximum Gasteiger partial charge on any atom is 0.286 e. The molecule has 29 heavy (non-hydrogen) atoms. The van der Waals surface area contributed by atoms with Crippen LogP contribution in [0.15, 0.2) is 52.4 Å². The van der Waals surface area contributed by atoms with Crippen molar-refractivity contribution < 1.29 is 19.0 Å². The highest BCUT2D eigenvalue weighted by Crippen LogP contribution is 2.26. The molecule has 2 aromatic carbocycles. The van der Waals surface area contributed by atoms with E-state index in [2.05, 4.69) is 24.9 Å². The quantitative estimate of drug-likeness (QED) is 0.499. The number of rotatable bonds is 9. The van der Waals surface area contributed by atoms with Gasteiger partial charge in [0.1, 0.15) is 24.7 Å². The largest absolute Gasteiger partial charge is 0.491 e. The number of nitrogens with two attached hydrogens (primary N) is 1. The van der Waals surface area contributed by atoms with E-state index in [-0.39, 0.29) is 11.1 Å². The summed E-state index contributed by atoms with van der Waals surface area (Å²) in [5, 5.41) is 0.278. The van der Waals surface area contributed by atoms with Gasteiger partial charge in [0.2, 0.25) is 0 Å². The van der Waals surface area contributed by atoms with Gasteiger partial charge in [-0.05, 0) is 72.6 Å².